The van der Waals surface area contributed by atoms with Gasteiger partial charge in [0.1, 0.15) is 11.4 Å². The molecule has 0 aromatic carbocycles. The lowest BCUT2D eigenvalue weighted by atomic mass is 10.2. The lowest BCUT2D eigenvalue weighted by molar-refractivity contribution is -0.137. The summed E-state index contributed by atoms with van der Waals surface area (Å²) in [6.07, 6.45) is 9.34. The monoisotopic (exact) mass is 1290 g/mol. The fraction of sp³-hybridized carbons (Fsp3) is 0.552. The zero-order chi connectivity index (χ0) is 66.6. The summed E-state index contributed by atoms with van der Waals surface area (Å²) in [6, 6.07) is 2.93. The number of carboxylic acid groups (broad SMARTS) is 1. The number of hydrogen-bond acceptors (Lipinski definition) is 20. The number of ether oxygens (including phenoxy) is 8. The average Bonchev–Trinajstić information content (AvgIpc) is 1.98. The highest BCUT2D eigenvalue weighted by molar-refractivity contribution is 6.04. The van der Waals surface area contributed by atoms with Crippen LogP contribution in [0, 0.1) is 0 Å². The molecule has 0 aliphatic rings. The molecule has 0 atom stereocenters. The smallest absolute Gasteiger partial charge is 0.305 e. The average molecular weight is 1300 g/mol. The van der Waals surface area contributed by atoms with Gasteiger partial charge in [0.2, 0.25) is 29.4 Å². The molecule has 0 spiro atoms. The molecule has 0 radical (unpaired) electrons. The highest BCUT2D eigenvalue weighted by Crippen LogP contribution is 2.19. The number of aliphatic carboxylic acids is 1. The van der Waals surface area contributed by atoms with Crippen molar-refractivity contribution in [3.63, 3.8) is 0 Å². The summed E-state index contributed by atoms with van der Waals surface area (Å²) in [6.45, 7) is 5.79. The Hall–Kier alpha value is -8.90. The van der Waals surface area contributed by atoms with E-state index in [0.717, 1.165) is 0 Å². The highest BCUT2D eigenvalue weighted by atomic mass is 16.6. The summed E-state index contributed by atoms with van der Waals surface area (Å²) in [7, 11) is 9.57. The number of rotatable bonds is 47. The molecule has 0 saturated heterocycles. The number of anilines is 4. The molecule has 0 aliphatic carbocycles. The second-order valence-corrected chi connectivity index (χ2v) is 20.4. The fourth-order valence-corrected chi connectivity index (χ4v) is 8.57. The van der Waals surface area contributed by atoms with Crippen LogP contribution < -0.4 is 37.2 Å². The third-order valence-corrected chi connectivity index (χ3v) is 13.3. The number of aryl methyl sites for hydroxylation is 5. The van der Waals surface area contributed by atoms with Gasteiger partial charge in [0.15, 0.2) is 17.5 Å². The first kappa shape index (κ1) is 73.8. The molecule has 0 aliphatic heterocycles. The second kappa shape index (κ2) is 40.8. The van der Waals surface area contributed by atoms with Crippen LogP contribution in [-0.4, -0.2) is 240 Å². The van der Waals surface area contributed by atoms with Gasteiger partial charge in [-0.3, -0.25) is 43.2 Å². The van der Waals surface area contributed by atoms with Gasteiger partial charge in [-0.15, -0.1) is 0 Å². The molecule has 506 valence electrons. The Kier molecular flexibility index (Phi) is 32.7. The summed E-state index contributed by atoms with van der Waals surface area (Å²) >= 11 is 0. The van der Waals surface area contributed by atoms with E-state index >= 15 is 0 Å². The molecule has 0 fully saturated rings. The van der Waals surface area contributed by atoms with Crippen LogP contribution in [0.1, 0.15) is 91.4 Å². The Balaban J connectivity index is 1.18. The van der Waals surface area contributed by atoms with Crippen LogP contribution in [0.2, 0.25) is 0 Å². The number of hydrogen-bond donors (Lipinski definition) is 8. The van der Waals surface area contributed by atoms with Crippen LogP contribution in [0.25, 0.3) is 0 Å². The van der Waals surface area contributed by atoms with E-state index in [1.807, 2.05) is 0 Å². The molecule has 5 rings (SSSR count). The number of nitrogens with zero attached hydrogens (tertiary/aromatic N) is 9. The minimum atomic E-state index is -1.09. The van der Waals surface area contributed by atoms with Gasteiger partial charge in [-0.25, -0.2) is 15.0 Å². The molecule has 0 bridgehead atoms. The van der Waals surface area contributed by atoms with Crippen LogP contribution in [0.3, 0.4) is 0 Å². The van der Waals surface area contributed by atoms with Gasteiger partial charge in [0.25, 0.3) is 29.5 Å². The molecular formula is C58H86N16O18. The van der Waals surface area contributed by atoms with E-state index in [1.54, 1.807) is 68.0 Å². The van der Waals surface area contributed by atoms with Crippen LogP contribution in [-0.2, 0) is 91.8 Å². The number of nitrogens with one attached hydrogen (secondary N) is 7. The largest absolute Gasteiger partial charge is 0.481 e. The number of unbranched alkanes of at least 4 members (excludes halogenated alkanes) is 1. The molecule has 5 aromatic heterocycles. The molecule has 92 heavy (non-hydrogen) atoms. The van der Waals surface area contributed by atoms with Crippen molar-refractivity contribution < 1.29 is 86.2 Å². The predicted molar refractivity (Wildman–Crippen MR) is 330 cm³/mol. The molecule has 5 heterocycles. The molecule has 34 nitrogen and oxygen atoms in total. The fourth-order valence-electron chi connectivity index (χ4n) is 8.57. The van der Waals surface area contributed by atoms with E-state index in [0.29, 0.717) is 97.8 Å². The van der Waals surface area contributed by atoms with Gasteiger partial charge in [0, 0.05) is 138 Å². The summed E-state index contributed by atoms with van der Waals surface area (Å²) in [5.74, 6) is -5.09. The summed E-state index contributed by atoms with van der Waals surface area (Å²) in [4.78, 5) is 131. The first-order chi connectivity index (χ1) is 44.4. The molecule has 8 amide bonds. The number of amides is 8. The Bertz CT molecular complexity index is 3140. The van der Waals surface area contributed by atoms with Crippen molar-refractivity contribution in [2.24, 2.45) is 28.2 Å². The van der Waals surface area contributed by atoms with Crippen LogP contribution in [0.4, 0.5) is 23.0 Å². The highest BCUT2D eigenvalue weighted by Gasteiger charge is 2.23. The molecule has 5 aromatic rings. The van der Waals surface area contributed by atoms with E-state index in [-0.39, 0.29) is 130 Å². The lowest BCUT2D eigenvalue weighted by Crippen LogP contribution is -2.37. The van der Waals surface area contributed by atoms with Crippen LogP contribution in [0.15, 0.2) is 49.3 Å². The Morgan fingerprint density at radius 2 is 0.913 bits per heavy atom. The standard InChI is InChI=1S/C58H86N16O18/c1-69-18-16-59-51(69)57(83)63-41-35-43(70(2)37-41)54(80)60-13-10-47(75)66-46-40-72(4)53(68-46)58(84)64-42-36-44(55(81)61-14-11-48(76)65-45-39-71(3)52(67-45)56(82)62-15-12-50(78)79)74(38-42)17-8-7-9-49(77)73(19-21-87-27-29-91-33-31-89-25-23-85-5)20-22-88-28-30-92-34-32-90-26-24-86-6/h16,18,35-40H,7-15,17,19-34H2,1-6H3,(H,60,80)(H,61,81)(H,62,82)(H,63,83)(H,64,84)(H,65,76)(H,66,75)(H,78,79). The van der Waals surface area contributed by atoms with Gasteiger partial charge in [0.05, 0.1) is 110 Å². The summed E-state index contributed by atoms with van der Waals surface area (Å²) in [5, 5.41) is 27.4. The van der Waals surface area contributed by atoms with Crippen molar-refractivity contribution in [1.29, 1.82) is 0 Å². The molecular weight excluding hydrogens is 1210 g/mol. The van der Waals surface area contributed by atoms with E-state index in [9.17, 15) is 43.2 Å². The number of carbonyl (C=O) groups excluding carboxylic acids is 8. The number of carboxylic acids is 1. The predicted octanol–water partition coefficient (Wildman–Crippen LogP) is 0.645. The van der Waals surface area contributed by atoms with Gasteiger partial charge in [-0.1, -0.05) is 0 Å². The van der Waals surface area contributed by atoms with E-state index in [2.05, 4.69) is 52.2 Å². The normalized spacial score (nSPS) is 11.1. The SMILES string of the molecule is COCCOCCOCCOCCN(CCOCCOCCOCCOC)C(=O)CCCCn1cc(NC(=O)c2nc(NC(=O)CCNC(=O)c3cc(NC(=O)c4nccn4C)cn3C)cn2C)cc1C(=O)NCCC(=O)Nc1cn(C)c(C(=O)NCCC(=O)O)n1. The Morgan fingerprint density at radius 3 is 1.41 bits per heavy atom. The molecule has 34 heteroatoms. The molecule has 0 unspecified atom stereocenters. The van der Waals surface area contributed by atoms with Crippen molar-refractivity contribution in [1.82, 2.24) is 58.6 Å². The number of imidazole rings is 3. The number of methoxy groups -OCH3 is 2. The van der Waals surface area contributed by atoms with Crippen LogP contribution >= 0.6 is 0 Å². The van der Waals surface area contributed by atoms with Gasteiger partial charge < -0.3 is 108 Å². The number of aromatic nitrogens is 8. The van der Waals surface area contributed by atoms with Crippen molar-refractivity contribution >= 4 is 76.2 Å². The molecule has 0 saturated carbocycles. The van der Waals surface area contributed by atoms with Crippen molar-refractivity contribution in [3.8, 4) is 0 Å². The van der Waals surface area contributed by atoms with Crippen LogP contribution in [0.5, 0.6) is 0 Å². The summed E-state index contributed by atoms with van der Waals surface area (Å²) < 4.78 is 50.9. The van der Waals surface area contributed by atoms with Crippen molar-refractivity contribution in [3.05, 3.63) is 78.2 Å². The maximum Gasteiger partial charge on any atom is 0.305 e. The van der Waals surface area contributed by atoms with E-state index < -0.39 is 47.3 Å². The minimum Gasteiger partial charge on any atom is -0.481 e. The first-order valence-corrected chi connectivity index (χ1v) is 29.8. The third-order valence-electron chi connectivity index (χ3n) is 13.3. The zero-order valence-corrected chi connectivity index (χ0v) is 52.9. The second-order valence-electron chi connectivity index (χ2n) is 20.4. The molecule has 8 N–H and O–H groups in total. The maximum atomic E-state index is 13.9. The Labute approximate surface area is 531 Å². The quantitative estimate of drug-likeness (QED) is 0.0248. The Morgan fingerprint density at radius 1 is 0.467 bits per heavy atom. The maximum absolute atomic E-state index is 13.9. The van der Waals surface area contributed by atoms with Gasteiger partial charge >= 0.3 is 5.97 Å². The van der Waals surface area contributed by atoms with Gasteiger partial charge in [-0.2, -0.15) is 0 Å². The van der Waals surface area contributed by atoms with E-state index in [4.69, 9.17) is 43.0 Å². The topological polar surface area (TPSA) is 398 Å². The zero-order valence-electron chi connectivity index (χ0n) is 52.9. The minimum absolute atomic E-state index is 0.0450. The first-order valence-electron chi connectivity index (χ1n) is 29.8. The van der Waals surface area contributed by atoms with E-state index in [1.165, 1.54) is 51.5 Å². The lowest BCUT2D eigenvalue weighted by Gasteiger charge is -2.23. The van der Waals surface area contributed by atoms with Gasteiger partial charge in [-0.05, 0) is 25.0 Å². The third kappa shape index (κ3) is 26.5. The van der Waals surface area contributed by atoms with Crippen molar-refractivity contribution in [2.45, 2.75) is 45.1 Å². The summed E-state index contributed by atoms with van der Waals surface area (Å²) in [5.41, 5.74) is 0.897. The number of carbonyl (C=O) groups is 9. The van der Waals surface area contributed by atoms with Crippen molar-refractivity contribution in [2.75, 3.05) is 161 Å².